The average molecular weight is 295 g/mol. The van der Waals surface area contributed by atoms with Crippen LogP contribution in [0.1, 0.15) is 10.4 Å². The third kappa shape index (κ3) is 2.42. The van der Waals surface area contributed by atoms with Crippen molar-refractivity contribution in [3.8, 4) is 11.3 Å². The Balaban J connectivity index is 2.64. The number of H-pyrrole nitrogens is 1. The van der Waals surface area contributed by atoms with Crippen molar-refractivity contribution in [1.29, 1.82) is 0 Å². The van der Waals surface area contributed by atoms with Crippen molar-refractivity contribution < 1.29 is 9.90 Å². The summed E-state index contributed by atoms with van der Waals surface area (Å²) in [5.74, 6) is -1.13. The quantitative estimate of drug-likeness (QED) is 0.886. The second-order valence-electron chi connectivity index (χ2n) is 3.29. The highest BCUT2D eigenvalue weighted by molar-refractivity contribution is 9.10. The second kappa shape index (κ2) is 4.50. The first-order valence-electron chi connectivity index (χ1n) is 4.66. The van der Waals surface area contributed by atoms with Gasteiger partial charge in [0, 0.05) is 10.7 Å². The number of aromatic amines is 1. The predicted octanol–water partition coefficient (Wildman–Crippen LogP) is 1.90. The molecule has 6 heteroatoms. The summed E-state index contributed by atoms with van der Waals surface area (Å²) in [6, 6.07) is 6.95. The van der Waals surface area contributed by atoms with Crippen molar-refractivity contribution in [3.63, 3.8) is 0 Å². The highest BCUT2D eigenvalue weighted by atomic mass is 79.9. The molecule has 2 N–H and O–H groups in total. The number of hydrogen-bond acceptors (Lipinski definition) is 3. The van der Waals surface area contributed by atoms with Crippen LogP contribution in [0.3, 0.4) is 0 Å². The molecule has 17 heavy (non-hydrogen) atoms. The van der Waals surface area contributed by atoms with E-state index in [2.05, 4.69) is 25.9 Å². The summed E-state index contributed by atoms with van der Waals surface area (Å²) < 4.78 is 0.870. The van der Waals surface area contributed by atoms with Crippen LogP contribution < -0.4 is 5.69 Å². The zero-order valence-electron chi connectivity index (χ0n) is 8.48. The highest BCUT2D eigenvalue weighted by Crippen LogP contribution is 2.21. The van der Waals surface area contributed by atoms with Crippen molar-refractivity contribution in [1.82, 2.24) is 9.97 Å². The van der Waals surface area contributed by atoms with E-state index in [1.54, 1.807) is 24.3 Å². The molecule has 0 saturated heterocycles. The number of halogens is 1. The molecular weight excluding hydrogens is 288 g/mol. The van der Waals surface area contributed by atoms with Gasteiger partial charge in [-0.25, -0.2) is 14.6 Å². The lowest BCUT2D eigenvalue weighted by Crippen LogP contribution is -2.14. The lowest BCUT2D eigenvalue weighted by atomic mass is 10.1. The number of benzene rings is 1. The van der Waals surface area contributed by atoms with E-state index in [1.807, 2.05) is 0 Å². The van der Waals surface area contributed by atoms with Gasteiger partial charge < -0.3 is 10.1 Å². The largest absolute Gasteiger partial charge is 0.478 e. The third-order valence-corrected chi connectivity index (χ3v) is 2.70. The first-order valence-corrected chi connectivity index (χ1v) is 5.46. The van der Waals surface area contributed by atoms with Gasteiger partial charge >= 0.3 is 11.7 Å². The van der Waals surface area contributed by atoms with Crippen LogP contribution in [0.5, 0.6) is 0 Å². The summed E-state index contributed by atoms with van der Waals surface area (Å²) in [7, 11) is 0. The van der Waals surface area contributed by atoms with Crippen LogP contribution in [0, 0.1) is 0 Å². The molecule has 0 unspecified atom stereocenters. The van der Waals surface area contributed by atoms with Crippen LogP contribution >= 0.6 is 15.9 Å². The minimum atomic E-state index is -1.13. The lowest BCUT2D eigenvalue weighted by molar-refractivity contribution is 0.0697. The molecule has 0 aliphatic heterocycles. The first-order chi connectivity index (χ1) is 8.08. The number of aromatic carboxylic acids is 1. The van der Waals surface area contributed by atoms with Crippen molar-refractivity contribution in [2.45, 2.75) is 0 Å². The number of rotatable bonds is 2. The van der Waals surface area contributed by atoms with Crippen LogP contribution in [0.25, 0.3) is 11.3 Å². The van der Waals surface area contributed by atoms with E-state index in [0.717, 1.165) is 10.7 Å². The molecule has 2 rings (SSSR count). The van der Waals surface area contributed by atoms with Crippen molar-refractivity contribution >= 4 is 21.9 Å². The number of hydrogen-bond donors (Lipinski definition) is 2. The molecule has 0 amide bonds. The molecular formula is C11H7BrN2O3. The number of carboxylic acids is 1. The summed E-state index contributed by atoms with van der Waals surface area (Å²) in [6.07, 6.45) is 1.05. The van der Waals surface area contributed by atoms with Gasteiger partial charge in [-0.3, -0.25) is 0 Å². The predicted molar refractivity (Wildman–Crippen MR) is 65.0 cm³/mol. The van der Waals surface area contributed by atoms with E-state index in [-0.39, 0.29) is 11.3 Å². The lowest BCUT2D eigenvalue weighted by Gasteiger charge is -2.04. The summed E-state index contributed by atoms with van der Waals surface area (Å²) in [4.78, 5) is 28.0. The van der Waals surface area contributed by atoms with E-state index in [1.165, 1.54) is 0 Å². The van der Waals surface area contributed by atoms with Gasteiger partial charge in [0.25, 0.3) is 0 Å². The number of carbonyl (C=O) groups is 1. The zero-order valence-corrected chi connectivity index (χ0v) is 10.1. The number of carboxylic acid groups (broad SMARTS) is 1. The Hall–Kier alpha value is -1.95. The van der Waals surface area contributed by atoms with Gasteiger partial charge in [-0.05, 0) is 17.7 Å². The van der Waals surface area contributed by atoms with E-state index < -0.39 is 11.7 Å². The Labute approximate surface area is 104 Å². The SMILES string of the molecule is O=C(O)c1cnc(=O)[nH]c1-c1ccc(Br)cc1. The fourth-order valence-corrected chi connectivity index (χ4v) is 1.66. The van der Waals surface area contributed by atoms with Gasteiger partial charge in [0.05, 0.1) is 5.69 Å². The van der Waals surface area contributed by atoms with Crippen molar-refractivity contribution in [2.75, 3.05) is 0 Å². The maximum atomic E-state index is 11.1. The molecule has 1 aromatic heterocycles. The summed E-state index contributed by atoms with van der Waals surface area (Å²) >= 11 is 3.28. The number of aromatic nitrogens is 2. The standard InChI is InChI=1S/C11H7BrN2O3/c12-7-3-1-6(2-4-7)9-8(10(15)16)5-13-11(17)14-9/h1-5H,(H,15,16)(H,13,14,17). The van der Waals surface area contributed by atoms with Crippen molar-refractivity contribution in [2.24, 2.45) is 0 Å². The number of nitrogens with one attached hydrogen (secondary N) is 1. The Morgan fingerprint density at radius 2 is 1.94 bits per heavy atom. The molecule has 0 aliphatic carbocycles. The van der Waals surface area contributed by atoms with Gasteiger partial charge in [-0.15, -0.1) is 0 Å². The molecule has 0 atom stereocenters. The first kappa shape index (κ1) is 11.5. The number of nitrogens with zero attached hydrogens (tertiary/aromatic N) is 1. The molecule has 0 bridgehead atoms. The minimum Gasteiger partial charge on any atom is -0.478 e. The van der Waals surface area contributed by atoms with E-state index in [0.29, 0.717) is 5.56 Å². The molecule has 0 radical (unpaired) electrons. The summed E-state index contributed by atoms with van der Waals surface area (Å²) in [5, 5.41) is 9.00. The fourth-order valence-electron chi connectivity index (χ4n) is 1.40. The minimum absolute atomic E-state index is 0.0353. The molecule has 1 aromatic carbocycles. The molecule has 0 aliphatic rings. The highest BCUT2D eigenvalue weighted by Gasteiger charge is 2.13. The molecule has 5 nitrogen and oxygen atoms in total. The smallest absolute Gasteiger partial charge is 0.345 e. The Kier molecular flexibility index (Phi) is 3.06. The molecule has 86 valence electrons. The molecule has 0 saturated carbocycles. The van der Waals surface area contributed by atoms with Gasteiger partial charge in [-0.2, -0.15) is 0 Å². The van der Waals surface area contributed by atoms with Crippen LogP contribution in [0.15, 0.2) is 39.7 Å². The van der Waals surface area contributed by atoms with Crippen LogP contribution in [0.2, 0.25) is 0 Å². The van der Waals surface area contributed by atoms with Gasteiger partial charge in [-0.1, -0.05) is 28.1 Å². The van der Waals surface area contributed by atoms with Crippen LogP contribution in [0.4, 0.5) is 0 Å². The molecule has 1 heterocycles. The Morgan fingerprint density at radius 3 is 2.53 bits per heavy atom. The van der Waals surface area contributed by atoms with Crippen molar-refractivity contribution in [3.05, 3.63) is 51.0 Å². The topological polar surface area (TPSA) is 83.0 Å². The van der Waals surface area contributed by atoms with Crippen LogP contribution in [-0.4, -0.2) is 21.0 Å². The maximum absolute atomic E-state index is 11.1. The zero-order chi connectivity index (χ0) is 12.4. The second-order valence-corrected chi connectivity index (χ2v) is 4.20. The molecule has 0 fully saturated rings. The average Bonchev–Trinajstić information content (AvgIpc) is 2.29. The molecule has 2 aromatic rings. The monoisotopic (exact) mass is 294 g/mol. The molecule has 0 spiro atoms. The summed E-state index contributed by atoms with van der Waals surface area (Å²) in [5.41, 5.74) is 0.259. The fraction of sp³-hybridized carbons (Fsp3) is 0. The van der Waals surface area contributed by atoms with Gasteiger partial charge in [0.1, 0.15) is 5.56 Å². The Morgan fingerprint density at radius 1 is 1.29 bits per heavy atom. The maximum Gasteiger partial charge on any atom is 0.345 e. The van der Waals surface area contributed by atoms with E-state index in [4.69, 9.17) is 5.11 Å². The third-order valence-electron chi connectivity index (χ3n) is 2.18. The summed E-state index contributed by atoms with van der Waals surface area (Å²) in [6.45, 7) is 0. The van der Waals surface area contributed by atoms with Crippen LogP contribution in [-0.2, 0) is 0 Å². The van der Waals surface area contributed by atoms with Gasteiger partial charge in [0.2, 0.25) is 0 Å². The van der Waals surface area contributed by atoms with Gasteiger partial charge in [0.15, 0.2) is 0 Å². The Bertz CT molecular complexity index is 619. The van der Waals surface area contributed by atoms with E-state index >= 15 is 0 Å². The van der Waals surface area contributed by atoms with E-state index in [9.17, 15) is 9.59 Å². The normalized spacial score (nSPS) is 10.2.